The zero-order chi connectivity index (χ0) is 24.2. The van der Waals surface area contributed by atoms with Gasteiger partial charge >= 0.3 is 0 Å². The Bertz CT molecular complexity index is 1330. The molecule has 1 N–H and O–H groups in total. The average molecular weight is 562 g/mol. The number of hydrogen-bond donors (Lipinski definition) is 1. The van der Waals surface area contributed by atoms with Crippen molar-refractivity contribution in [3.63, 3.8) is 0 Å². The van der Waals surface area contributed by atoms with Gasteiger partial charge in [-0.05, 0) is 82.2 Å². The van der Waals surface area contributed by atoms with Crippen LogP contribution in [0.4, 0.5) is 10.1 Å². The Hall–Kier alpha value is -2.81. The number of halogens is 3. The normalized spacial score (nSPS) is 15.6. The van der Waals surface area contributed by atoms with Crippen LogP contribution in [0.15, 0.2) is 69.0 Å². The number of amides is 1. The smallest absolute Gasteiger partial charge is 0.264 e. The van der Waals surface area contributed by atoms with Gasteiger partial charge in [0.15, 0.2) is 16.7 Å². The predicted molar refractivity (Wildman–Crippen MR) is 138 cm³/mol. The molecule has 5 nitrogen and oxygen atoms in total. The lowest BCUT2D eigenvalue weighted by atomic mass is 10.1. The quantitative estimate of drug-likeness (QED) is 0.328. The molecule has 3 aromatic rings. The average Bonchev–Trinajstić information content (AvgIpc) is 3.15. The Morgan fingerprint density at radius 2 is 2.00 bits per heavy atom. The maximum Gasteiger partial charge on any atom is 0.264 e. The molecule has 0 radical (unpaired) electrons. The summed E-state index contributed by atoms with van der Waals surface area (Å²) in [5.74, 6) is 0.298. The number of nitrogens with one attached hydrogen (secondary N) is 1. The van der Waals surface area contributed by atoms with Gasteiger partial charge < -0.3 is 14.8 Å². The minimum absolute atomic E-state index is 0.0447. The van der Waals surface area contributed by atoms with Crippen molar-refractivity contribution in [2.45, 2.75) is 13.5 Å². The molecule has 1 aliphatic heterocycles. The van der Waals surface area contributed by atoms with Crippen LogP contribution in [0.25, 0.3) is 6.08 Å². The van der Waals surface area contributed by atoms with Gasteiger partial charge in [0.1, 0.15) is 12.4 Å². The Balaban J connectivity index is 1.56. The third-order valence-electron chi connectivity index (χ3n) is 4.99. The molecule has 1 heterocycles. The highest BCUT2D eigenvalue weighted by Crippen LogP contribution is 2.39. The molecule has 0 unspecified atom stereocenters. The van der Waals surface area contributed by atoms with Gasteiger partial charge in [-0.15, -0.1) is 0 Å². The molecule has 0 aliphatic carbocycles. The van der Waals surface area contributed by atoms with Gasteiger partial charge in [-0.2, -0.15) is 0 Å². The number of methoxy groups -OCH3 is 1. The SMILES string of the molecule is COc1cc(/C=C2/SC(=Nc3cccc(Cl)c3C)NC2=O)cc(Br)c1OCc1ccccc1F. The van der Waals surface area contributed by atoms with Crippen LogP contribution >= 0.6 is 39.3 Å². The highest BCUT2D eigenvalue weighted by Gasteiger charge is 2.24. The van der Waals surface area contributed by atoms with Crippen LogP contribution in [-0.4, -0.2) is 18.2 Å². The topological polar surface area (TPSA) is 59.9 Å². The van der Waals surface area contributed by atoms with E-state index in [-0.39, 0.29) is 18.3 Å². The van der Waals surface area contributed by atoms with Crippen LogP contribution < -0.4 is 14.8 Å². The molecule has 174 valence electrons. The summed E-state index contributed by atoms with van der Waals surface area (Å²) >= 11 is 10.9. The monoisotopic (exact) mass is 560 g/mol. The lowest BCUT2D eigenvalue weighted by molar-refractivity contribution is -0.115. The number of rotatable bonds is 6. The molecule has 0 spiro atoms. The number of amidine groups is 1. The summed E-state index contributed by atoms with van der Waals surface area (Å²) in [5, 5.41) is 3.86. The van der Waals surface area contributed by atoms with E-state index in [2.05, 4.69) is 26.2 Å². The van der Waals surface area contributed by atoms with Crippen LogP contribution in [0.1, 0.15) is 16.7 Å². The molecule has 0 bridgehead atoms. The van der Waals surface area contributed by atoms with Crippen molar-refractivity contribution < 1.29 is 18.7 Å². The van der Waals surface area contributed by atoms with Gasteiger partial charge in [-0.3, -0.25) is 4.79 Å². The van der Waals surface area contributed by atoms with E-state index < -0.39 is 0 Å². The van der Waals surface area contributed by atoms with Crippen molar-refractivity contribution in [2.75, 3.05) is 7.11 Å². The number of aliphatic imine (C=N–C) groups is 1. The van der Waals surface area contributed by atoms with Crippen LogP contribution in [0, 0.1) is 12.7 Å². The van der Waals surface area contributed by atoms with E-state index in [4.69, 9.17) is 21.1 Å². The zero-order valence-corrected chi connectivity index (χ0v) is 21.4. The molecule has 0 aromatic heterocycles. The summed E-state index contributed by atoms with van der Waals surface area (Å²) < 4.78 is 25.8. The fourth-order valence-electron chi connectivity index (χ4n) is 3.19. The Morgan fingerprint density at radius 3 is 2.76 bits per heavy atom. The number of hydrogen-bond acceptors (Lipinski definition) is 5. The van der Waals surface area contributed by atoms with Gasteiger partial charge in [0.05, 0.1) is 22.2 Å². The first-order chi connectivity index (χ1) is 16.4. The van der Waals surface area contributed by atoms with Crippen molar-refractivity contribution >= 4 is 62.1 Å². The summed E-state index contributed by atoms with van der Waals surface area (Å²) in [4.78, 5) is 17.5. The van der Waals surface area contributed by atoms with E-state index in [1.807, 2.05) is 19.1 Å². The Labute approximate surface area is 214 Å². The van der Waals surface area contributed by atoms with Crippen molar-refractivity contribution in [2.24, 2.45) is 4.99 Å². The number of nitrogens with zero attached hydrogens (tertiary/aromatic N) is 1. The van der Waals surface area contributed by atoms with E-state index in [1.54, 1.807) is 42.5 Å². The Kier molecular flexibility index (Phi) is 7.60. The van der Waals surface area contributed by atoms with Gasteiger partial charge in [-0.1, -0.05) is 35.9 Å². The summed E-state index contributed by atoms with van der Waals surface area (Å²) in [6, 6.07) is 15.4. The van der Waals surface area contributed by atoms with Gasteiger partial charge in [-0.25, -0.2) is 9.38 Å². The van der Waals surface area contributed by atoms with Gasteiger partial charge in [0.2, 0.25) is 0 Å². The fourth-order valence-corrected chi connectivity index (χ4v) is 4.77. The molecule has 3 aromatic carbocycles. The largest absolute Gasteiger partial charge is 0.493 e. The van der Waals surface area contributed by atoms with E-state index >= 15 is 0 Å². The number of thioether (sulfide) groups is 1. The number of carbonyl (C=O) groups excluding carboxylic acids is 1. The molecule has 1 saturated heterocycles. The van der Waals surface area contributed by atoms with Crippen LogP contribution in [0.3, 0.4) is 0 Å². The first-order valence-corrected chi connectivity index (χ1v) is 12.1. The second kappa shape index (κ2) is 10.6. The molecular weight excluding hydrogens is 543 g/mol. The number of benzene rings is 3. The molecule has 9 heteroatoms. The molecule has 1 amide bonds. The lowest BCUT2D eigenvalue weighted by Crippen LogP contribution is -2.19. The molecule has 1 aliphatic rings. The third-order valence-corrected chi connectivity index (χ3v) is 6.90. The molecular formula is C25H19BrClFN2O3S. The maximum absolute atomic E-state index is 13.9. The van der Waals surface area contributed by atoms with Crippen molar-refractivity contribution in [1.82, 2.24) is 5.32 Å². The fraction of sp³-hybridized carbons (Fsp3) is 0.120. The van der Waals surface area contributed by atoms with E-state index in [0.29, 0.717) is 42.3 Å². The van der Waals surface area contributed by atoms with E-state index in [0.717, 1.165) is 11.1 Å². The van der Waals surface area contributed by atoms with Crippen LogP contribution in [-0.2, 0) is 11.4 Å². The van der Waals surface area contributed by atoms with Crippen molar-refractivity contribution in [3.05, 3.63) is 91.5 Å². The molecule has 1 fully saturated rings. The minimum Gasteiger partial charge on any atom is -0.493 e. The number of carbonyl (C=O) groups is 1. The van der Waals surface area contributed by atoms with Gasteiger partial charge in [0.25, 0.3) is 5.91 Å². The molecule has 34 heavy (non-hydrogen) atoms. The van der Waals surface area contributed by atoms with E-state index in [1.165, 1.54) is 24.9 Å². The zero-order valence-electron chi connectivity index (χ0n) is 18.2. The second-order valence-corrected chi connectivity index (χ2v) is 9.57. The maximum atomic E-state index is 13.9. The summed E-state index contributed by atoms with van der Waals surface area (Å²) in [6.07, 6.45) is 1.74. The first-order valence-electron chi connectivity index (χ1n) is 10.1. The number of ether oxygens (including phenoxy) is 2. The molecule has 0 saturated carbocycles. The van der Waals surface area contributed by atoms with Crippen molar-refractivity contribution in [1.29, 1.82) is 0 Å². The summed E-state index contributed by atoms with van der Waals surface area (Å²) in [6.45, 7) is 1.92. The van der Waals surface area contributed by atoms with Crippen LogP contribution in [0.5, 0.6) is 11.5 Å². The lowest BCUT2D eigenvalue weighted by Gasteiger charge is -2.14. The molecule has 0 atom stereocenters. The minimum atomic E-state index is -0.339. The van der Waals surface area contributed by atoms with Crippen LogP contribution in [0.2, 0.25) is 5.02 Å². The second-order valence-electron chi connectivity index (χ2n) is 7.28. The highest BCUT2D eigenvalue weighted by atomic mass is 79.9. The standard InChI is InChI=1S/C25H19BrClFN2O3S/c1-14-18(27)7-5-9-20(14)29-25-30-24(31)22(34-25)12-15-10-17(26)23(21(11-15)32-2)33-13-16-6-3-4-8-19(16)28/h3-12H,13H2,1-2H3,(H,29,30,31)/b22-12+. The first kappa shape index (κ1) is 24.3. The molecule has 4 rings (SSSR count). The third kappa shape index (κ3) is 5.46. The summed E-state index contributed by atoms with van der Waals surface area (Å²) in [5.41, 5.74) is 2.68. The summed E-state index contributed by atoms with van der Waals surface area (Å²) in [7, 11) is 1.52. The highest BCUT2D eigenvalue weighted by molar-refractivity contribution is 9.10. The predicted octanol–water partition coefficient (Wildman–Crippen LogP) is 7.03. The Morgan fingerprint density at radius 1 is 1.21 bits per heavy atom. The van der Waals surface area contributed by atoms with Gasteiger partial charge in [0, 0.05) is 10.6 Å². The van der Waals surface area contributed by atoms with E-state index in [9.17, 15) is 9.18 Å². The van der Waals surface area contributed by atoms with Crippen molar-refractivity contribution in [3.8, 4) is 11.5 Å².